The van der Waals surface area contributed by atoms with Gasteiger partial charge >= 0.3 is 0 Å². The van der Waals surface area contributed by atoms with E-state index in [0.717, 1.165) is 30.8 Å². The zero-order chi connectivity index (χ0) is 13.8. The van der Waals surface area contributed by atoms with Gasteiger partial charge < -0.3 is 14.5 Å². The van der Waals surface area contributed by atoms with Gasteiger partial charge in [-0.05, 0) is 24.1 Å². The minimum Gasteiger partial charge on any atom is -0.380 e. The minimum absolute atomic E-state index is 0.192. The number of likely N-dealkylation sites (tertiary alicyclic amines) is 1. The first kappa shape index (κ1) is 13.9. The summed E-state index contributed by atoms with van der Waals surface area (Å²) in [5, 5.41) is 0. The Morgan fingerprint density at radius 3 is 2.58 bits per heavy atom. The van der Waals surface area contributed by atoms with Crippen LogP contribution in [0.5, 0.6) is 0 Å². The van der Waals surface area contributed by atoms with Crippen molar-refractivity contribution in [1.29, 1.82) is 0 Å². The van der Waals surface area contributed by atoms with E-state index in [2.05, 4.69) is 4.90 Å². The Kier molecular flexibility index (Phi) is 4.43. The van der Waals surface area contributed by atoms with E-state index in [0.29, 0.717) is 6.42 Å². The molecule has 1 saturated heterocycles. The van der Waals surface area contributed by atoms with Gasteiger partial charge in [-0.1, -0.05) is 12.1 Å². The summed E-state index contributed by atoms with van der Waals surface area (Å²) in [7, 11) is 5.73. The summed E-state index contributed by atoms with van der Waals surface area (Å²) in [4.78, 5) is 16.1. The van der Waals surface area contributed by atoms with Crippen LogP contribution < -0.4 is 4.90 Å². The summed E-state index contributed by atoms with van der Waals surface area (Å²) >= 11 is 0. The van der Waals surface area contributed by atoms with E-state index in [1.807, 2.05) is 43.3 Å². The molecular formula is C15H22N2O2. The molecule has 1 aliphatic heterocycles. The molecule has 0 aromatic heterocycles. The van der Waals surface area contributed by atoms with Gasteiger partial charge in [0.1, 0.15) is 0 Å². The molecule has 1 amide bonds. The summed E-state index contributed by atoms with van der Waals surface area (Å²) in [6.07, 6.45) is 1.63. The number of ether oxygens (including phenoxy) is 1. The zero-order valence-corrected chi connectivity index (χ0v) is 11.9. The molecule has 1 heterocycles. The number of hydrogen-bond donors (Lipinski definition) is 0. The molecule has 104 valence electrons. The fourth-order valence-corrected chi connectivity index (χ4v) is 2.35. The molecule has 0 spiro atoms. The van der Waals surface area contributed by atoms with Crippen LogP contribution in [0.1, 0.15) is 12.0 Å². The number of amides is 1. The molecule has 4 nitrogen and oxygen atoms in total. The standard InChI is InChI=1S/C15H22N2O2/c1-16(2)13-6-4-12(5-7-13)10-15(18)17-9-8-14(11-17)19-3/h4-7,14H,8-11H2,1-3H3/t14-/m0/s1. The monoisotopic (exact) mass is 262 g/mol. The number of carbonyl (C=O) groups is 1. The van der Waals surface area contributed by atoms with Crippen molar-refractivity contribution in [2.75, 3.05) is 39.2 Å². The molecule has 0 radical (unpaired) electrons. The third-order valence-electron chi connectivity index (χ3n) is 3.64. The van der Waals surface area contributed by atoms with Crippen LogP contribution in [0.25, 0.3) is 0 Å². The highest BCUT2D eigenvalue weighted by atomic mass is 16.5. The van der Waals surface area contributed by atoms with Gasteiger partial charge in [0.05, 0.1) is 12.5 Å². The Bertz CT molecular complexity index is 428. The van der Waals surface area contributed by atoms with Gasteiger partial charge in [0.25, 0.3) is 0 Å². The first-order valence-corrected chi connectivity index (χ1v) is 6.67. The van der Waals surface area contributed by atoms with Gasteiger partial charge in [-0.25, -0.2) is 0 Å². The molecule has 0 aliphatic carbocycles. The lowest BCUT2D eigenvalue weighted by Gasteiger charge is -2.17. The van der Waals surface area contributed by atoms with Gasteiger partial charge in [-0.3, -0.25) is 4.79 Å². The normalized spacial score (nSPS) is 18.7. The quantitative estimate of drug-likeness (QED) is 0.825. The van der Waals surface area contributed by atoms with E-state index < -0.39 is 0 Å². The molecule has 1 aromatic carbocycles. The largest absolute Gasteiger partial charge is 0.380 e. The molecule has 0 N–H and O–H groups in total. The third kappa shape index (κ3) is 3.47. The fraction of sp³-hybridized carbons (Fsp3) is 0.533. The summed E-state index contributed by atoms with van der Waals surface area (Å²) in [6.45, 7) is 1.54. The van der Waals surface area contributed by atoms with Crippen LogP contribution in [0, 0.1) is 0 Å². The van der Waals surface area contributed by atoms with Crippen LogP contribution >= 0.6 is 0 Å². The van der Waals surface area contributed by atoms with Crippen molar-refractivity contribution in [2.45, 2.75) is 18.9 Å². The molecule has 1 atom stereocenters. The molecule has 1 aliphatic rings. The first-order valence-electron chi connectivity index (χ1n) is 6.67. The molecule has 4 heteroatoms. The molecular weight excluding hydrogens is 240 g/mol. The summed E-state index contributed by atoms with van der Waals surface area (Å²) in [5.41, 5.74) is 2.22. The predicted octanol–water partition coefficient (Wildman–Crippen LogP) is 1.54. The van der Waals surface area contributed by atoms with Gasteiger partial charge in [-0.15, -0.1) is 0 Å². The van der Waals surface area contributed by atoms with E-state index >= 15 is 0 Å². The Hall–Kier alpha value is -1.55. The van der Waals surface area contributed by atoms with Crippen molar-refractivity contribution in [2.24, 2.45) is 0 Å². The number of methoxy groups -OCH3 is 1. The maximum absolute atomic E-state index is 12.2. The number of hydrogen-bond acceptors (Lipinski definition) is 3. The second kappa shape index (κ2) is 6.06. The second-order valence-corrected chi connectivity index (χ2v) is 5.22. The second-order valence-electron chi connectivity index (χ2n) is 5.22. The average molecular weight is 262 g/mol. The van der Waals surface area contributed by atoms with E-state index in [1.165, 1.54) is 0 Å². The van der Waals surface area contributed by atoms with E-state index in [4.69, 9.17) is 4.74 Å². The molecule has 0 unspecified atom stereocenters. The van der Waals surface area contributed by atoms with Crippen LogP contribution in [0.15, 0.2) is 24.3 Å². The molecule has 2 rings (SSSR count). The first-order chi connectivity index (χ1) is 9.10. The van der Waals surface area contributed by atoms with E-state index in [1.54, 1.807) is 7.11 Å². The van der Waals surface area contributed by atoms with Gasteiger partial charge in [0.2, 0.25) is 5.91 Å². The van der Waals surface area contributed by atoms with Crippen LogP contribution in [-0.4, -0.2) is 51.2 Å². The number of anilines is 1. The van der Waals surface area contributed by atoms with Crippen molar-refractivity contribution in [1.82, 2.24) is 4.90 Å². The minimum atomic E-state index is 0.192. The van der Waals surface area contributed by atoms with Gasteiger partial charge in [0, 0.05) is 40.0 Å². The topological polar surface area (TPSA) is 32.8 Å². The molecule has 1 aromatic rings. The molecule has 0 saturated carbocycles. The third-order valence-corrected chi connectivity index (χ3v) is 3.64. The summed E-state index contributed by atoms with van der Waals surface area (Å²) < 4.78 is 5.28. The summed E-state index contributed by atoms with van der Waals surface area (Å²) in [5.74, 6) is 0.192. The van der Waals surface area contributed by atoms with Crippen molar-refractivity contribution in [3.63, 3.8) is 0 Å². The van der Waals surface area contributed by atoms with E-state index in [-0.39, 0.29) is 12.0 Å². The smallest absolute Gasteiger partial charge is 0.227 e. The van der Waals surface area contributed by atoms with Crippen LogP contribution in [0.2, 0.25) is 0 Å². The Balaban J connectivity index is 1.92. The van der Waals surface area contributed by atoms with Crippen molar-refractivity contribution >= 4 is 11.6 Å². The number of benzene rings is 1. The Morgan fingerprint density at radius 2 is 2.05 bits per heavy atom. The SMILES string of the molecule is CO[C@H]1CCN(C(=O)Cc2ccc(N(C)C)cc2)C1. The maximum Gasteiger partial charge on any atom is 0.227 e. The maximum atomic E-state index is 12.2. The molecule has 19 heavy (non-hydrogen) atoms. The highest BCUT2D eigenvalue weighted by Gasteiger charge is 2.25. The van der Waals surface area contributed by atoms with Gasteiger partial charge in [-0.2, -0.15) is 0 Å². The lowest BCUT2D eigenvalue weighted by molar-refractivity contribution is -0.129. The summed E-state index contributed by atoms with van der Waals surface area (Å²) in [6, 6.07) is 8.14. The lowest BCUT2D eigenvalue weighted by Crippen LogP contribution is -2.31. The highest BCUT2D eigenvalue weighted by Crippen LogP contribution is 2.16. The fourth-order valence-electron chi connectivity index (χ4n) is 2.35. The average Bonchev–Trinajstić information content (AvgIpc) is 2.88. The Labute approximate surface area is 115 Å². The highest BCUT2D eigenvalue weighted by molar-refractivity contribution is 5.79. The predicted molar refractivity (Wildman–Crippen MR) is 76.5 cm³/mol. The van der Waals surface area contributed by atoms with Gasteiger partial charge in [0.15, 0.2) is 0 Å². The zero-order valence-electron chi connectivity index (χ0n) is 11.9. The number of carbonyl (C=O) groups excluding carboxylic acids is 1. The van der Waals surface area contributed by atoms with Crippen molar-refractivity contribution in [3.8, 4) is 0 Å². The van der Waals surface area contributed by atoms with E-state index in [9.17, 15) is 4.79 Å². The Morgan fingerprint density at radius 1 is 1.37 bits per heavy atom. The molecule has 0 bridgehead atoms. The van der Waals surface area contributed by atoms with Crippen molar-refractivity contribution in [3.05, 3.63) is 29.8 Å². The molecule has 1 fully saturated rings. The van der Waals surface area contributed by atoms with Crippen LogP contribution in [0.3, 0.4) is 0 Å². The van der Waals surface area contributed by atoms with Crippen LogP contribution in [0.4, 0.5) is 5.69 Å². The van der Waals surface area contributed by atoms with Crippen LogP contribution in [-0.2, 0) is 16.0 Å². The number of nitrogens with zero attached hydrogens (tertiary/aromatic N) is 2. The number of rotatable bonds is 4. The lowest BCUT2D eigenvalue weighted by atomic mass is 10.1. The van der Waals surface area contributed by atoms with Crippen molar-refractivity contribution < 1.29 is 9.53 Å².